The largest absolute Gasteiger partial charge is 0.324 e. The van der Waals surface area contributed by atoms with Gasteiger partial charge in [0, 0.05) is 5.69 Å². The molecule has 1 aromatic heterocycles. The second-order valence-electron chi connectivity index (χ2n) is 3.61. The molecule has 0 spiro atoms. The molecule has 18 heavy (non-hydrogen) atoms. The Morgan fingerprint density at radius 1 is 1.33 bits per heavy atom. The Hall–Kier alpha value is -2.57. The zero-order valence-electron chi connectivity index (χ0n) is 9.42. The van der Waals surface area contributed by atoms with Crippen molar-refractivity contribution in [3.8, 4) is 0 Å². The van der Waals surface area contributed by atoms with Crippen molar-refractivity contribution >= 4 is 17.3 Å². The lowest BCUT2D eigenvalue weighted by molar-refractivity contribution is -0.385. The van der Waals surface area contributed by atoms with E-state index in [1.54, 1.807) is 19.1 Å². The van der Waals surface area contributed by atoms with Crippen molar-refractivity contribution in [3.63, 3.8) is 0 Å². The highest BCUT2D eigenvalue weighted by molar-refractivity contribution is 5.54. The zero-order valence-corrected chi connectivity index (χ0v) is 9.42. The fraction of sp³-hybridized carbons (Fsp3) is 0.0909. The molecule has 0 aliphatic carbocycles. The van der Waals surface area contributed by atoms with Crippen molar-refractivity contribution in [2.24, 2.45) is 0 Å². The number of hydrogen-bond acceptors (Lipinski definition) is 5. The summed E-state index contributed by atoms with van der Waals surface area (Å²) in [5, 5.41) is 13.2. The van der Waals surface area contributed by atoms with Crippen LogP contribution in [0.3, 0.4) is 0 Å². The van der Waals surface area contributed by atoms with E-state index in [2.05, 4.69) is 15.3 Å². The van der Waals surface area contributed by atoms with Crippen LogP contribution in [0.2, 0.25) is 0 Å². The maximum atomic E-state index is 13.3. The Labute approximate surface area is 102 Å². The molecular weight excluding hydrogens is 239 g/mol. The van der Waals surface area contributed by atoms with Gasteiger partial charge in [-0.15, -0.1) is 0 Å². The van der Waals surface area contributed by atoms with Crippen LogP contribution < -0.4 is 5.32 Å². The summed E-state index contributed by atoms with van der Waals surface area (Å²) < 4.78 is 13.3. The van der Waals surface area contributed by atoms with Crippen molar-refractivity contribution in [2.45, 2.75) is 6.92 Å². The van der Waals surface area contributed by atoms with Crippen LogP contribution in [0.15, 0.2) is 30.6 Å². The maximum absolute atomic E-state index is 13.3. The van der Waals surface area contributed by atoms with Gasteiger partial charge in [-0.2, -0.15) is 0 Å². The van der Waals surface area contributed by atoms with E-state index >= 15 is 0 Å². The molecule has 7 heteroatoms. The van der Waals surface area contributed by atoms with Gasteiger partial charge in [-0.05, 0) is 24.6 Å². The predicted octanol–water partition coefficient (Wildman–Crippen LogP) is 2.58. The van der Waals surface area contributed by atoms with Crippen LogP contribution in [0.4, 0.5) is 21.7 Å². The number of anilines is 2. The summed E-state index contributed by atoms with van der Waals surface area (Å²) in [4.78, 5) is 17.3. The van der Waals surface area contributed by atoms with Gasteiger partial charge in [-0.1, -0.05) is 6.07 Å². The molecule has 0 saturated carbocycles. The number of benzene rings is 1. The minimum Gasteiger partial charge on any atom is -0.324 e. The van der Waals surface area contributed by atoms with E-state index in [9.17, 15) is 14.5 Å². The molecule has 0 aliphatic rings. The molecule has 0 unspecified atom stereocenters. The van der Waals surface area contributed by atoms with Crippen LogP contribution >= 0.6 is 0 Å². The van der Waals surface area contributed by atoms with E-state index in [-0.39, 0.29) is 17.5 Å². The number of nitrogens with one attached hydrogen (secondary N) is 1. The van der Waals surface area contributed by atoms with E-state index in [1.807, 2.05) is 0 Å². The average molecular weight is 248 g/mol. The van der Waals surface area contributed by atoms with E-state index < -0.39 is 4.92 Å². The molecule has 2 aromatic rings. The van der Waals surface area contributed by atoms with Crippen LogP contribution in [-0.4, -0.2) is 14.9 Å². The van der Waals surface area contributed by atoms with Crippen molar-refractivity contribution in [3.05, 3.63) is 52.1 Å². The fourth-order valence-corrected chi connectivity index (χ4v) is 1.28. The summed E-state index contributed by atoms with van der Waals surface area (Å²) in [7, 11) is 0. The molecule has 6 nitrogen and oxygen atoms in total. The molecule has 0 aliphatic heterocycles. The van der Waals surface area contributed by atoms with Gasteiger partial charge < -0.3 is 5.32 Å². The van der Waals surface area contributed by atoms with Gasteiger partial charge in [-0.3, -0.25) is 10.1 Å². The molecule has 0 fully saturated rings. The summed E-state index contributed by atoms with van der Waals surface area (Å²) in [6.07, 6.45) is 2.17. The number of nitro groups is 1. The number of nitrogens with zero attached hydrogens (tertiary/aromatic N) is 3. The fourth-order valence-electron chi connectivity index (χ4n) is 1.28. The lowest BCUT2D eigenvalue weighted by atomic mass is 10.2. The van der Waals surface area contributed by atoms with Crippen molar-refractivity contribution < 1.29 is 9.31 Å². The van der Waals surface area contributed by atoms with E-state index in [0.717, 1.165) is 12.4 Å². The van der Waals surface area contributed by atoms with Crippen molar-refractivity contribution in [1.29, 1.82) is 0 Å². The first-order valence-corrected chi connectivity index (χ1v) is 5.06. The lowest BCUT2D eigenvalue weighted by Gasteiger charge is -2.05. The van der Waals surface area contributed by atoms with Crippen LogP contribution in [0.25, 0.3) is 0 Å². The third-order valence-electron chi connectivity index (χ3n) is 2.28. The second-order valence-corrected chi connectivity index (χ2v) is 3.61. The van der Waals surface area contributed by atoms with E-state index in [4.69, 9.17) is 0 Å². The normalized spacial score (nSPS) is 10.1. The molecule has 0 radical (unpaired) electrons. The third kappa shape index (κ3) is 2.57. The van der Waals surface area contributed by atoms with Gasteiger partial charge >= 0.3 is 5.69 Å². The molecule has 92 valence electrons. The molecule has 1 N–H and O–H groups in total. The zero-order chi connectivity index (χ0) is 13.1. The Morgan fingerprint density at radius 2 is 2.00 bits per heavy atom. The highest BCUT2D eigenvalue weighted by Gasteiger charge is 2.07. The SMILES string of the molecule is Cc1ccc(Nc2ncc([N+](=O)[O-])cn2)cc1F. The minimum absolute atomic E-state index is 0.170. The van der Waals surface area contributed by atoms with E-state index in [1.165, 1.54) is 6.07 Å². The minimum atomic E-state index is -0.588. The Kier molecular flexibility index (Phi) is 3.13. The first-order chi connectivity index (χ1) is 8.56. The van der Waals surface area contributed by atoms with Crippen LogP contribution in [0, 0.1) is 22.9 Å². The molecular formula is C11H9FN4O2. The Morgan fingerprint density at radius 3 is 2.56 bits per heavy atom. The predicted molar refractivity (Wildman–Crippen MR) is 63.1 cm³/mol. The summed E-state index contributed by atoms with van der Waals surface area (Å²) in [6, 6.07) is 4.59. The van der Waals surface area contributed by atoms with E-state index in [0.29, 0.717) is 11.3 Å². The molecule has 2 rings (SSSR count). The standard InChI is InChI=1S/C11H9FN4O2/c1-7-2-3-8(4-10(7)12)15-11-13-5-9(6-14-11)16(17)18/h2-6H,1H3,(H,13,14,15). The van der Waals surface area contributed by atoms with Gasteiger partial charge in [0.25, 0.3) is 0 Å². The molecule has 0 amide bonds. The summed E-state index contributed by atoms with van der Waals surface area (Å²) in [5.41, 5.74) is 0.813. The summed E-state index contributed by atoms with van der Waals surface area (Å²) in [5.74, 6) is -0.175. The highest BCUT2D eigenvalue weighted by Crippen LogP contribution is 2.17. The first-order valence-electron chi connectivity index (χ1n) is 5.06. The summed E-state index contributed by atoms with van der Waals surface area (Å²) in [6.45, 7) is 1.65. The Balaban J connectivity index is 2.18. The lowest BCUT2D eigenvalue weighted by Crippen LogP contribution is -1.99. The molecule has 0 saturated heterocycles. The molecule has 1 heterocycles. The van der Waals surface area contributed by atoms with Gasteiger partial charge in [0.2, 0.25) is 5.95 Å². The highest BCUT2D eigenvalue weighted by atomic mass is 19.1. The number of aromatic nitrogens is 2. The van der Waals surface area contributed by atoms with Gasteiger partial charge in [0.05, 0.1) is 4.92 Å². The molecule has 0 atom stereocenters. The monoisotopic (exact) mass is 248 g/mol. The third-order valence-corrected chi connectivity index (χ3v) is 2.28. The first kappa shape index (κ1) is 11.9. The quantitative estimate of drug-likeness (QED) is 0.666. The topological polar surface area (TPSA) is 81.0 Å². The smallest absolute Gasteiger partial charge is 0.305 e. The maximum Gasteiger partial charge on any atom is 0.305 e. The van der Waals surface area contributed by atoms with Crippen molar-refractivity contribution in [1.82, 2.24) is 9.97 Å². The Bertz CT molecular complexity index is 586. The average Bonchev–Trinajstić information content (AvgIpc) is 2.34. The van der Waals surface area contributed by atoms with Gasteiger partial charge in [0.15, 0.2) is 0 Å². The molecule has 0 bridgehead atoms. The number of hydrogen-bond donors (Lipinski definition) is 1. The summed E-state index contributed by atoms with van der Waals surface area (Å²) >= 11 is 0. The number of halogens is 1. The van der Waals surface area contributed by atoms with Gasteiger partial charge in [-0.25, -0.2) is 14.4 Å². The van der Waals surface area contributed by atoms with Crippen molar-refractivity contribution in [2.75, 3.05) is 5.32 Å². The van der Waals surface area contributed by atoms with Crippen LogP contribution in [0.1, 0.15) is 5.56 Å². The van der Waals surface area contributed by atoms with Gasteiger partial charge in [0.1, 0.15) is 18.2 Å². The molecule has 1 aromatic carbocycles. The second kappa shape index (κ2) is 4.74. The number of aryl methyl sites for hydroxylation is 1. The van der Waals surface area contributed by atoms with Crippen LogP contribution in [-0.2, 0) is 0 Å². The number of rotatable bonds is 3. The van der Waals surface area contributed by atoms with Crippen LogP contribution in [0.5, 0.6) is 0 Å².